The zero-order valence-corrected chi connectivity index (χ0v) is 13.8. The number of hydrogen-bond donors (Lipinski definition) is 2. The largest absolute Gasteiger partial charge is 0.462 e. The van der Waals surface area contributed by atoms with Crippen LogP contribution in [0.25, 0.3) is 0 Å². The van der Waals surface area contributed by atoms with Gasteiger partial charge in [-0.25, -0.2) is 0 Å². The molecule has 24 heavy (non-hydrogen) atoms. The second-order valence-corrected chi connectivity index (χ2v) is 6.32. The Morgan fingerprint density at radius 2 is 1.29 bits per heavy atom. The predicted molar refractivity (Wildman–Crippen MR) is 71.9 cm³/mol. The molecule has 3 atom stereocenters. The summed E-state index contributed by atoms with van der Waals surface area (Å²) in [7, 11) is 0. The Labute approximate surface area is 135 Å². The molecule has 2 N–H and O–H groups in total. The van der Waals surface area contributed by atoms with Crippen LogP contribution >= 0.6 is 0 Å². The van der Waals surface area contributed by atoms with Crippen LogP contribution in [-0.2, 0) is 9.53 Å². The maximum atomic E-state index is 12.7. The molecule has 0 radical (unpaired) electrons. The van der Waals surface area contributed by atoms with Crippen molar-refractivity contribution in [1.29, 1.82) is 0 Å². The summed E-state index contributed by atoms with van der Waals surface area (Å²) in [5, 5.41) is 18.9. The minimum absolute atomic E-state index is 0.261. The fourth-order valence-electron chi connectivity index (χ4n) is 1.72. The molecule has 0 aromatic heterocycles. The monoisotopic (exact) mass is 368 g/mol. The average molecular weight is 368 g/mol. The van der Waals surface area contributed by atoms with E-state index in [2.05, 4.69) is 0 Å². The molecule has 0 aromatic carbocycles. The highest BCUT2D eigenvalue weighted by atomic mass is 19.4. The second-order valence-electron chi connectivity index (χ2n) is 6.32. The summed E-state index contributed by atoms with van der Waals surface area (Å²) in [4.78, 5) is 11.7. The Morgan fingerprint density at radius 1 is 0.958 bits per heavy atom. The maximum absolute atomic E-state index is 12.7. The Balaban J connectivity index is 5.43. The van der Waals surface area contributed by atoms with E-state index < -0.39 is 54.4 Å². The number of alkyl halides is 6. The molecule has 0 bridgehead atoms. The van der Waals surface area contributed by atoms with Crippen LogP contribution in [0.4, 0.5) is 26.3 Å². The molecule has 0 saturated carbocycles. The van der Waals surface area contributed by atoms with Gasteiger partial charge in [0.05, 0.1) is 5.92 Å². The van der Waals surface area contributed by atoms with Crippen molar-refractivity contribution in [3.63, 3.8) is 0 Å². The van der Waals surface area contributed by atoms with Crippen molar-refractivity contribution in [2.24, 2.45) is 5.92 Å². The first-order valence-electron chi connectivity index (χ1n) is 7.23. The normalized spacial score (nSPS) is 20.7. The third-order valence-electron chi connectivity index (χ3n) is 3.77. The Kier molecular flexibility index (Phi) is 7.15. The van der Waals surface area contributed by atoms with Crippen molar-refractivity contribution in [2.45, 2.75) is 76.6 Å². The van der Waals surface area contributed by atoms with Crippen LogP contribution in [-0.4, -0.2) is 45.8 Å². The summed E-state index contributed by atoms with van der Waals surface area (Å²) in [6, 6.07) is 0. The van der Waals surface area contributed by atoms with Crippen LogP contribution in [0.1, 0.15) is 47.0 Å². The lowest BCUT2D eigenvalue weighted by Gasteiger charge is -2.35. The van der Waals surface area contributed by atoms with E-state index in [1.165, 1.54) is 6.92 Å². The molecule has 3 unspecified atom stereocenters. The minimum atomic E-state index is -5.14. The van der Waals surface area contributed by atoms with Gasteiger partial charge in [0.15, 0.2) is 11.2 Å². The molecular formula is C14H22F6O4. The molecular weight excluding hydrogens is 346 g/mol. The lowest BCUT2D eigenvalue weighted by molar-refractivity contribution is -0.277. The summed E-state index contributed by atoms with van der Waals surface area (Å²) >= 11 is 0. The summed E-state index contributed by atoms with van der Waals surface area (Å²) in [5.74, 6) is -1.75. The van der Waals surface area contributed by atoms with Crippen LogP contribution in [0.2, 0.25) is 0 Å². The molecule has 0 aliphatic carbocycles. The van der Waals surface area contributed by atoms with E-state index in [-0.39, 0.29) is 6.42 Å². The van der Waals surface area contributed by atoms with Crippen molar-refractivity contribution < 1.29 is 46.1 Å². The van der Waals surface area contributed by atoms with Gasteiger partial charge in [0.1, 0.15) is 6.10 Å². The maximum Gasteiger partial charge on any atom is 0.417 e. The van der Waals surface area contributed by atoms with Crippen LogP contribution in [0.3, 0.4) is 0 Å². The molecule has 0 amide bonds. The predicted octanol–water partition coefficient (Wildman–Crippen LogP) is 3.35. The van der Waals surface area contributed by atoms with E-state index >= 15 is 0 Å². The van der Waals surface area contributed by atoms with E-state index in [9.17, 15) is 41.4 Å². The van der Waals surface area contributed by atoms with E-state index in [4.69, 9.17) is 4.74 Å². The highest BCUT2D eigenvalue weighted by molar-refractivity contribution is 5.72. The van der Waals surface area contributed by atoms with Gasteiger partial charge in [-0.3, -0.25) is 4.79 Å². The molecule has 0 aliphatic rings. The Hall–Kier alpha value is -1.03. The first-order chi connectivity index (χ1) is 10.4. The van der Waals surface area contributed by atoms with Gasteiger partial charge in [0.2, 0.25) is 0 Å². The van der Waals surface area contributed by atoms with Crippen molar-refractivity contribution in [3.8, 4) is 0 Å². The molecule has 0 spiro atoms. The molecule has 144 valence electrons. The van der Waals surface area contributed by atoms with Crippen molar-refractivity contribution in [1.82, 2.24) is 0 Å². The second kappa shape index (κ2) is 7.47. The van der Waals surface area contributed by atoms with E-state index in [1.807, 2.05) is 0 Å². The van der Waals surface area contributed by atoms with Gasteiger partial charge >= 0.3 is 18.3 Å². The number of hydrogen-bond acceptors (Lipinski definition) is 4. The van der Waals surface area contributed by atoms with Gasteiger partial charge in [-0.15, -0.1) is 0 Å². The zero-order valence-electron chi connectivity index (χ0n) is 13.8. The smallest absolute Gasteiger partial charge is 0.417 e. The molecule has 10 heteroatoms. The molecule has 0 saturated heterocycles. The van der Waals surface area contributed by atoms with Crippen LogP contribution in [0.15, 0.2) is 0 Å². The number of esters is 1. The first-order valence-corrected chi connectivity index (χ1v) is 7.23. The van der Waals surface area contributed by atoms with Gasteiger partial charge < -0.3 is 14.9 Å². The minimum Gasteiger partial charge on any atom is -0.462 e. The number of ether oxygens (including phenoxy) is 1. The van der Waals surface area contributed by atoms with Crippen LogP contribution in [0.5, 0.6) is 0 Å². The SMILES string of the molecule is CCC(C)C(=O)OC(CC(C)(O)C(F)(F)F)CC(C)(O)C(F)(F)F. The van der Waals surface area contributed by atoms with Gasteiger partial charge in [0, 0.05) is 12.8 Å². The molecule has 0 heterocycles. The number of carbonyl (C=O) groups is 1. The average Bonchev–Trinajstić information content (AvgIpc) is 2.33. The van der Waals surface area contributed by atoms with Gasteiger partial charge in [-0.05, 0) is 20.3 Å². The first kappa shape index (κ1) is 23.0. The summed E-state index contributed by atoms with van der Waals surface area (Å²) in [6.07, 6.45) is -14.7. The van der Waals surface area contributed by atoms with Gasteiger partial charge in [-0.2, -0.15) is 26.3 Å². The van der Waals surface area contributed by atoms with Gasteiger partial charge in [0.25, 0.3) is 0 Å². The van der Waals surface area contributed by atoms with Crippen molar-refractivity contribution in [3.05, 3.63) is 0 Å². The lowest BCUT2D eigenvalue weighted by atomic mass is 9.89. The standard InChI is InChI=1S/C14H22F6O4/c1-5-8(2)10(21)24-9(6-11(3,22)13(15,16)17)7-12(4,23)14(18,19)20/h8-9,22-23H,5-7H2,1-4H3. The highest BCUT2D eigenvalue weighted by Gasteiger charge is 2.55. The number of carbonyl (C=O) groups excluding carboxylic acids is 1. The zero-order chi connectivity index (χ0) is 19.6. The molecule has 0 rings (SSSR count). The van der Waals surface area contributed by atoms with Gasteiger partial charge in [-0.1, -0.05) is 13.8 Å². The fraction of sp³-hybridized carbons (Fsp3) is 0.929. The summed E-state index contributed by atoms with van der Waals surface area (Å²) in [6.45, 7) is 3.70. The van der Waals surface area contributed by atoms with Crippen molar-refractivity contribution >= 4 is 5.97 Å². The molecule has 4 nitrogen and oxygen atoms in total. The molecule has 0 aliphatic heterocycles. The third kappa shape index (κ3) is 6.12. The highest BCUT2D eigenvalue weighted by Crippen LogP contribution is 2.39. The van der Waals surface area contributed by atoms with E-state index in [0.717, 1.165) is 0 Å². The third-order valence-corrected chi connectivity index (χ3v) is 3.77. The van der Waals surface area contributed by atoms with E-state index in [1.54, 1.807) is 6.92 Å². The molecule has 0 aromatic rings. The summed E-state index contributed by atoms with van der Waals surface area (Å²) < 4.78 is 81.2. The lowest BCUT2D eigenvalue weighted by Crippen LogP contribution is -2.50. The quantitative estimate of drug-likeness (QED) is 0.534. The van der Waals surface area contributed by atoms with Crippen molar-refractivity contribution in [2.75, 3.05) is 0 Å². The van der Waals surface area contributed by atoms with Crippen LogP contribution < -0.4 is 0 Å². The topological polar surface area (TPSA) is 66.8 Å². The fourth-order valence-corrected chi connectivity index (χ4v) is 1.72. The number of rotatable bonds is 7. The number of aliphatic hydroxyl groups is 2. The van der Waals surface area contributed by atoms with E-state index in [0.29, 0.717) is 13.8 Å². The molecule has 0 fully saturated rings. The Bertz CT molecular complexity index is 400. The van der Waals surface area contributed by atoms with Crippen LogP contribution in [0, 0.1) is 5.92 Å². The summed E-state index contributed by atoms with van der Waals surface area (Å²) in [5.41, 5.74) is -6.76. The Morgan fingerprint density at radius 3 is 1.54 bits per heavy atom. The number of halogens is 6.